The Morgan fingerprint density at radius 2 is 2.00 bits per heavy atom. The highest BCUT2D eigenvalue weighted by Gasteiger charge is 2.33. The van der Waals surface area contributed by atoms with Gasteiger partial charge in [-0.25, -0.2) is 4.79 Å². The average molecular weight is 606 g/mol. The number of rotatable bonds is 9. The second-order valence-corrected chi connectivity index (χ2v) is 12.9. The Hall–Kier alpha value is -2.43. The van der Waals surface area contributed by atoms with Crippen molar-refractivity contribution in [2.45, 2.75) is 64.0 Å². The van der Waals surface area contributed by atoms with Gasteiger partial charge in [-0.1, -0.05) is 17.8 Å². The maximum absolute atomic E-state index is 13.6. The third kappa shape index (κ3) is 7.36. The molecule has 0 saturated carbocycles. The number of likely N-dealkylation sites (tertiary alicyclic amines) is 1. The van der Waals surface area contributed by atoms with Gasteiger partial charge < -0.3 is 24.8 Å². The van der Waals surface area contributed by atoms with Crippen molar-refractivity contribution in [1.82, 2.24) is 15.1 Å². The molecule has 206 valence electrons. The minimum atomic E-state index is -0.575. The Balaban J connectivity index is 1.36. The highest BCUT2D eigenvalue weighted by atomic mass is 79.9. The third-order valence-electron chi connectivity index (χ3n) is 7.22. The van der Waals surface area contributed by atoms with E-state index in [4.69, 9.17) is 4.74 Å². The zero-order valence-corrected chi connectivity index (χ0v) is 24.8. The molecule has 4 rings (SSSR count). The number of hydrogen-bond donors (Lipinski definition) is 1. The van der Waals surface area contributed by atoms with Crippen molar-refractivity contribution in [3.8, 4) is 5.06 Å². The molecule has 38 heavy (non-hydrogen) atoms. The summed E-state index contributed by atoms with van der Waals surface area (Å²) in [5, 5.41) is 3.27. The lowest BCUT2D eigenvalue weighted by Gasteiger charge is -2.36. The van der Waals surface area contributed by atoms with Gasteiger partial charge in [-0.15, -0.1) is 0 Å². The maximum atomic E-state index is 13.6. The number of nitrogens with one attached hydrogen (secondary N) is 1. The summed E-state index contributed by atoms with van der Waals surface area (Å²) < 4.78 is 6.18. The van der Waals surface area contributed by atoms with Gasteiger partial charge in [0, 0.05) is 36.8 Å². The monoisotopic (exact) mass is 604 g/mol. The third-order valence-corrected chi connectivity index (χ3v) is 8.72. The molecular formula is C28H37BrN4O4S. The number of ether oxygens (including phenoxy) is 1. The van der Waals surface area contributed by atoms with Gasteiger partial charge in [-0.3, -0.25) is 9.59 Å². The van der Waals surface area contributed by atoms with Crippen LogP contribution in [0.2, 0.25) is 0 Å². The van der Waals surface area contributed by atoms with Crippen LogP contribution < -0.4 is 15.0 Å². The summed E-state index contributed by atoms with van der Waals surface area (Å²) in [5.41, 5.74) is 2.29. The van der Waals surface area contributed by atoms with E-state index in [1.165, 1.54) is 17.8 Å². The minimum absolute atomic E-state index is 0.0681. The van der Waals surface area contributed by atoms with Crippen LogP contribution in [0.4, 0.5) is 10.5 Å². The fourth-order valence-electron chi connectivity index (χ4n) is 5.28. The first-order valence-corrected chi connectivity index (χ1v) is 14.9. The Bertz CT molecular complexity index is 1150. The normalized spacial score (nSPS) is 19.8. The van der Waals surface area contributed by atoms with Crippen molar-refractivity contribution in [1.29, 1.82) is 0 Å². The van der Waals surface area contributed by atoms with Crippen LogP contribution in [-0.2, 0) is 4.79 Å². The molecule has 1 N–H and O–H groups in total. The number of amides is 3. The quantitative estimate of drug-likeness (QED) is 0.385. The predicted octanol–water partition coefficient (Wildman–Crippen LogP) is 5.44. The van der Waals surface area contributed by atoms with E-state index in [0.717, 1.165) is 60.2 Å². The number of hydrogen-bond acceptors (Lipinski definition) is 6. The summed E-state index contributed by atoms with van der Waals surface area (Å²) in [6, 6.07) is 9.07. The Morgan fingerprint density at radius 3 is 2.71 bits per heavy atom. The molecule has 0 aliphatic carbocycles. The summed E-state index contributed by atoms with van der Waals surface area (Å²) >= 11 is 4.66. The van der Waals surface area contributed by atoms with Crippen LogP contribution in [0.15, 0.2) is 34.1 Å². The number of nitrogens with zero attached hydrogens (tertiary/aromatic N) is 3. The predicted molar refractivity (Wildman–Crippen MR) is 154 cm³/mol. The number of aryl methyl sites for hydroxylation is 1. The smallest absolute Gasteiger partial charge is 0.399 e. The van der Waals surface area contributed by atoms with Gasteiger partial charge in [-0.2, -0.15) is 0 Å². The summed E-state index contributed by atoms with van der Waals surface area (Å²) in [4.78, 5) is 44.6. The molecule has 2 aliphatic rings. The number of carbonyl (C=O) groups excluding carboxylic acids is 3. The number of thiophene rings is 1. The highest BCUT2D eigenvalue weighted by molar-refractivity contribution is 9.11. The number of halogens is 1. The summed E-state index contributed by atoms with van der Waals surface area (Å²) in [6.45, 7) is 4.16. The minimum Gasteiger partial charge on any atom is -0.399 e. The van der Waals surface area contributed by atoms with E-state index >= 15 is 0 Å². The second-order valence-electron chi connectivity index (χ2n) is 10.4. The highest BCUT2D eigenvalue weighted by Crippen LogP contribution is 2.30. The van der Waals surface area contributed by atoms with Gasteiger partial charge in [0.15, 0.2) is 5.06 Å². The molecule has 3 amide bonds. The van der Waals surface area contributed by atoms with Gasteiger partial charge in [0.1, 0.15) is 0 Å². The molecule has 3 heterocycles. The second kappa shape index (κ2) is 13.1. The van der Waals surface area contributed by atoms with E-state index in [-0.39, 0.29) is 24.3 Å². The van der Waals surface area contributed by atoms with Crippen molar-refractivity contribution in [2.24, 2.45) is 0 Å². The summed E-state index contributed by atoms with van der Waals surface area (Å²) in [6.07, 6.45) is 6.20. The molecule has 2 aromatic rings. The molecule has 0 radical (unpaired) electrons. The molecule has 8 nitrogen and oxygen atoms in total. The van der Waals surface area contributed by atoms with Crippen LogP contribution in [-0.4, -0.2) is 73.5 Å². The molecule has 2 saturated heterocycles. The molecule has 2 unspecified atom stereocenters. The molecule has 0 bridgehead atoms. The Morgan fingerprint density at radius 1 is 1.18 bits per heavy atom. The van der Waals surface area contributed by atoms with Crippen LogP contribution in [0.25, 0.3) is 0 Å². The van der Waals surface area contributed by atoms with Gasteiger partial charge in [0.2, 0.25) is 5.91 Å². The van der Waals surface area contributed by atoms with Crippen LogP contribution in [0, 0.1) is 6.92 Å². The van der Waals surface area contributed by atoms with Crippen molar-refractivity contribution in [2.75, 3.05) is 38.6 Å². The lowest BCUT2D eigenvalue weighted by atomic mass is 9.95. The lowest BCUT2D eigenvalue weighted by molar-refractivity contribution is -0.117. The van der Waals surface area contributed by atoms with E-state index in [1.807, 2.05) is 31.2 Å². The van der Waals surface area contributed by atoms with Crippen LogP contribution >= 0.6 is 27.3 Å². The van der Waals surface area contributed by atoms with Gasteiger partial charge >= 0.3 is 6.09 Å². The van der Waals surface area contributed by atoms with Crippen LogP contribution in [0.1, 0.15) is 60.9 Å². The van der Waals surface area contributed by atoms with Crippen molar-refractivity contribution >= 4 is 50.9 Å². The van der Waals surface area contributed by atoms with Gasteiger partial charge in [0.25, 0.3) is 5.91 Å². The number of carbonyl (C=O) groups is 3. The molecule has 1 aromatic carbocycles. The van der Waals surface area contributed by atoms with Crippen molar-refractivity contribution in [3.63, 3.8) is 0 Å². The maximum Gasteiger partial charge on any atom is 0.413 e. The first-order chi connectivity index (χ1) is 18.2. The summed E-state index contributed by atoms with van der Waals surface area (Å²) in [5.74, 6) is 0.0167. The lowest BCUT2D eigenvalue weighted by Crippen LogP contribution is -2.44. The topological polar surface area (TPSA) is 82.2 Å². The first kappa shape index (κ1) is 28.6. The van der Waals surface area contributed by atoms with Crippen molar-refractivity contribution in [3.05, 3.63) is 45.2 Å². The fraction of sp³-hybridized carbons (Fsp3) is 0.536. The number of benzene rings is 1. The van der Waals surface area contributed by atoms with Gasteiger partial charge in [-0.05, 0) is 111 Å². The van der Waals surface area contributed by atoms with E-state index in [1.54, 1.807) is 11.0 Å². The number of piperidine rings is 1. The van der Waals surface area contributed by atoms with E-state index < -0.39 is 6.09 Å². The molecule has 2 fully saturated rings. The van der Waals surface area contributed by atoms with Crippen LogP contribution in [0.5, 0.6) is 5.06 Å². The largest absolute Gasteiger partial charge is 0.413 e. The number of unbranched alkanes of at least 4 members (excludes halogenated alkanes) is 1. The summed E-state index contributed by atoms with van der Waals surface area (Å²) in [7, 11) is 4.18. The van der Waals surface area contributed by atoms with Crippen molar-refractivity contribution < 1.29 is 19.1 Å². The molecule has 1 aromatic heterocycles. The standard InChI is InChI=1S/C28H37BrN4O4S/c1-19-16-22(33-18-20(17-25(33)34)30-28(36)37-26-13-12-24(29)38-26)10-11-23(19)27(35)32-15-7-5-9-21(32)8-4-6-14-31(2)3/h10-13,16,20-21H,4-9,14-15,17-18H2,1-3H3,(H,30,36). The van der Waals surface area contributed by atoms with Crippen LogP contribution in [0.3, 0.4) is 0 Å². The Labute approximate surface area is 237 Å². The van der Waals surface area contributed by atoms with Gasteiger partial charge in [0.05, 0.1) is 9.83 Å². The zero-order valence-electron chi connectivity index (χ0n) is 22.4. The molecular weight excluding hydrogens is 568 g/mol. The van der Waals surface area contributed by atoms with E-state index in [2.05, 4.69) is 45.1 Å². The molecule has 10 heteroatoms. The molecule has 0 spiro atoms. The first-order valence-electron chi connectivity index (χ1n) is 13.3. The fourth-order valence-corrected chi connectivity index (χ4v) is 6.47. The SMILES string of the molecule is Cc1cc(N2CC(NC(=O)Oc3ccc(Br)s3)CC2=O)ccc1C(=O)N1CCCCC1CCCCN(C)C. The van der Waals surface area contributed by atoms with E-state index in [0.29, 0.717) is 23.2 Å². The Kier molecular flexibility index (Phi) is 9.84. The molecule has 2 atom stereocenters. The average Bonchev–Trinajstić information content (AvgIpc) is 3.45. The number of anilines is 1. The van der Waals surface area contributed by atoms with E-state index in [9.17, 15) is 14.4 Å². The zero-order chi connectivity index (χ0) is 27.2. The molecule has 2 aliphatic heterocycles.